The molecule has 1 aliphatic rings. The van der Waals surface area contributed by atoms with Gasteiger partial charge >= 0.3 is 0 Å². The van der Waals surface area contributed by atoms with Crippen LogP contribution in [0.1, 0.15) is 25.0 Å². The van der Waals surface area contributed by atoms with Crippen molar-refractivity contribution in [2.45, 2.75) is 19.3 Å². The fourth-order valence-electron chi connectivity index (χ4n) is 9.61. The van der Waals surface area contributed by atoms with E-state index in [0.717, 1.165) is 66.3 Å². The first kappa shape index (κ1) is 30.5. The van der Waals surface area contributed by atoms with Crippen LogP contribution < -0.4 is 0 Å². The van der Waals surface area contributed by atoms with Gasteiger partial charge in [0.15, 0.2) is 0 Å². The molecule has 0 aliphatic heterocycles. The molecular formula is C52H34N2O. The topological polar surface area (TPSA) is 31.0 Å². The second-order valence-corrected chi connectivity index (χ2v) is 15.5. The Morgan fingerprint density at radius 1 is 0.473 bits per heavy atom. The van der Waals surface area contributed by atoms with Crippen molar-refractivity contribution in [3.63, 3.8) is 0 Å². The van der Waals surface area contributed by atoms with Gasteiger partial charge in [-0.1, -0.05) is 129 Å². The highest BCUT2D eigenvalue weighted by molar-refractivity contribution is 6.30. The van der Waals surface area contributed by atoms with Crippen LogP contribution in [0.4, 0.5) is 0 Å². The first-order chi connectivity index (χ1) is 27.0. The molecule has 258 valence electrons. The third-order valence-electron chi connectivity index (χ3n) is 12.2. The summed E-state index contributed by atoms with van der Waals surface area (Å²) in [4.78, 5) is 5.50. The van der Waals surface area contributed by atoms with Gasteiger partial charge in [-0.25, -0.2) is 4.98 Å². The Kier molecular flexibility index (Phi) is 6.12. The van der Waals surface area contributed by atoms with Crippen molar-refractivity contribution in [3.8, 4) is 39.2 Å². The van der Waals surface area contributed by atoms with Crippen molar-refractivity contribution in [3.05, 3.63) is 181 Å². The van der Waals surface area contributed by atoms with Gasteiger partial charge in [0, 0.05) is 59.9 Å². The molecule has 11 aromatic rings. The number of fused-ring (bicyclic) bond motifs is 13. The van der Waals surface area contributed by atoms with Gasteiger partial charge in [0.2, 0.25) is 0 Å². The van der Waals surface area contributed by atoms with Crippen LogP contribution in [0, 0.1) is 0 Å². The zero-order valence-corrected chi connectivity index (χ0v) is 30.5. The highest BCUT2D eigenvalue weighted by Gasteiger charge is 2.35. The molecule has 0 spiro atoms. The largest absolute Gasteiger partial charge is 0.455 e. The molecule has 0 saturated heterocycles. The molecule has 1 aliphatic carbocycles. The van der Waals surface area contributed by atoms with Gasteiger partial charge in [-0.3, -0.25) is 0 Å². The number of pyridine rings is 1. The fraction of sp³-hybridized carbons (Fsp3) is 0.0577. The van der Waals surface area contributed by atoms with E-state index in [1.807, 2.05) is 0 Å². The molecule has 0 atom stereocenters. The number of hydrogen-bond acceptors (Lipinski definition) is 2. The van der Waals surface area contributed by atoms with Gasteiger partial charge in [0.1, 0.15) is 11.2 Å². The molecular weight excluding hydrogens is 669 g/mol. The zero-order valence-electron chi connectivity index (χ0n) is 30.5. The van der Waals surface area contributed by atoms with Crippen LogP contribution in [0.2, 0.25) is 0 Å². The van der Waals surface area contributed by atoms with E-state index < -0.39 is 0 Å². The van der Waals surface area contributed by atoms with E-state index in [1.165, 1.54) is 49.4 Å². The molecule has 0 radical (unpaired) electrons. The molecule has 8 aromatic carbocycles. The van der Waals surface area contributed by atoms with E-state index in [1.54, 1.807) is 0 Å². The average Bonchev–Trinajstić information content (AvgIpc) is 3.86. The zero-order chi connectivity index (χ0) is 36.4. The standard InChI is InChI=1S/C52H34N2O/c1-52(2)42-20-10-6-16-34(42)35-26-24-32(29-43(35)52)50-41-30-39(51-49(38-19-9-13-23-47(38)55-51)48(41)37-18-7-11-21-44(37)53-50)31-25-27-46-40(28-31)36-17-8-12-22-45(36)54(46)33-14-4-3-5-15-33/h3-30H,1-2H3. The lowest BCUT2D eigenvalue weighted by molar-refractivity contribution is 0.660. The summed E-state index contributed by atoms with van der Waals surface area (Å²) in [6, 6.07) is 61.4. The van der Waals surface area contributed by atoms with Crippen molar-refractivity contribution in [1.29, 1.82) is 0 Å². The van der Waals surface area contributed by atoms with Crippen molar-refractivity contribution in [1.82, 2.24) is 9.55 Å². The minimum absolute atomic E-state index is 0.123. The van der Waals surface area contributed by atoms with Crippen LogP contribution in [0.5, 0.6) is 0 Å². The summed E-state index contributed by atoms with van der Waals surface area (Å²) in [5.41, 5.74) is 15.8. The molecule has 0 saturated carbocycles. The molecule has 0 N–H and O–H groups in total. The van der Waals surface area contributed by atoms with Gasteiger partial charge in [0.05, 0.1) is 22.2 Å². The van der Waals surface area contributed by atoms with E-state index in [4.69, 9.17) is 9.40 Å². The summed E-state index contributed by atoms with van der Waals surface area (Å²) in [5.74, 6) is 0. The Labute approximate surface area is 317 Å². The third-order valence-corrected chi connectivity index (χ3v) is 12.2. The Morgan fingerprint density at radius 2 is 1.16 bits per heavy atom. The first-order valence-electron chi connectivity index (χ1n) is 19.0. The fourth-order valence-corrected chi connectivity index (χ4v) is 9.61. The molecule has 0 amide bonds. The highest BCUT2D eigenvalue weighted by Crippen LogP contribution is 2.51. The van der Waals surface area contributed by atoms with Gasteiger partial charge in [-0.05, 0) is 82.4 Å². The SMILES string of the molecule is CC1(C)c2ccccc2-c2ccc(-c3nc4ccccc4c4c3cc(-c3ccc5c(c3)c3ccccc3n5-c3ccccc3)c3oc5ccccc5c34)cc21. The van der Waals surface area contributed by atoms with E-state index in [9.17, 15) is 0 Å². The van der Waals surface area contributed by atoms with Crippen molar-refractivity contribution < 1.29 is 4.42 Å². The molecule has 3 aromatic heterocycles. The second-order valence-electron chi connectivity index (χ2n) is 15.5. The number of para-hydroxylation sites is 4. The van der Waals surface area contributed by atoms with Gasteiger partial charge in [-0.2, -0.15) is 0 Å². The lowest BCUT2D eigenvalue weighted by Crippen LogP contribution is -2.14. The smallest absolute Gasteiger partial charge is 0.143 e. The van der Waals surface area contributed by atoms with Crippen LogP contribution >= 0.6 is 0 Å². The van der Waals surface area contributed by atoms with Crippen LogP contribution in [-0.2, 0) is 5.41 Å². The molecule has 55 heavy (non-hydrogen) atoms. The summed E-state index contributed by atoms with van der Waals surface area (Å²) in [6.07, 6.45) is 0. The molecule has 3 nitrogen and oxygen atoms in total. The maximum absolute atomic E-state index is 6.91. The number of furan rings is 1. The van der Waals surface area contributed by atoms with Crippen molar-refractivity contribution >= 4 is 65.4 Å². The number of rotatable bonds is 3. The summed E-state index contributed by atoms with van der Waals surface area (Å²) in [6.45, 7) is 4.69. The molecule has 0 unspecified atom stereocenters. The summed E-state index contributed by atoms with van der Waals surface area (Å²) in [7, 11) is 0. The van der Waals surface area contributed by atoms with Crippen LogP contribution in [0.3, 0.4) is 0 Å². The van der Waals surface area contributed by atoms with Crippen LogP contribution in [0.15, 0.2) is 174 Å². The predicted octanol–water partition coefficient (Wildman–Crippen LogP) is 14.0. The monoisotopic (exact) mass is 702 g/mol. The summed E-state index contributed by atoms with van der Waals surface area (Å²) < 4.78 is 9.28. The second kappa shape index (κ2) is 11.0. The maximum atomic E-state index is 6.91. The number of aromatic nitrogens is 2. The Bertz CT molecular complexity index is 3400. The van der Waals surface area contributed by atoms with E-state index in [2.05, 4.69) is 188 Å². The minimum Gasteiger partial charge on any atom is -0.455 e. The quantitative estimate of drug-likeness (QED) is 0.172. The summed E-state index contributed by atoms with van der Waals surface area (Å²) in [5, 5.41) is 8.09. The molecule has 12 rings (SSSR count). The van der Waals surface area contributed by atoms with Gasteiger partial charge in [0.25, 0.3) is 0 Å². The molecule has 0 fully saturated rings. The minimum atomic E-state index is -0.123. The number of nitrogens with zero attached hydrogens (tertiary/aromatic N) is 2. The first-order valence-corrected chi connectivity index (χ1v) is 19.0. The third kappa shape index (κ3) is 4.18. The molecule has 3 heterocycles. The van der Waals surface area contributed by atoms with Gasteiger partial charge < -0.3 is 8.98 Å². The van der Waals surface area contributed by atoms with Gasteiger partial charge in [-0.15, -0.1) is 0 Å². The predicted molar refractivity (Wildman–Crippen MR) is 229 cm³/mol. The highest BCUT2D eigenvalue weighted by atomic mass is 16.3. The maximum Gasteiger partial charge on any atom is 0.143 e. The lowest BCUT2D eigenvalue weighted by atomic mass is 9.81. The molecule has 0 bridgehead atoms. The Balaban J connectivity index is 1.19. The van der Waals surface area contributed by atoms with Crippen LogP contribution in [0.25, 0.3) is 105 Å². The van der Waals surface area contributed by atoms with Crippen molar-refractivity contribution in [2.24, 2.45) is 0 Å². The number of hydrogen-bond donors (Lipinski definition) is 0. The van der Waals surface area contributed by atoms with E-state index in [-0.39, 0.29) is 5.41 Å². The average molecular weight is 703 g/mol. The number of benzene rings is 8. The Morgan fingerprint density at radius 3 is 2.05 bits per heavy atom. The summed E-state index contributed by atoms with van der Waals surface area (Å²) >= 11 is 0. The van der Waals surface area contributed by atoms with Crippen LogP contribution in [-0.4, -0.2) is 9.55 Å². The lowest BCUT2D eigenvalue weighted by Gasteiger charge is -2.22. The van der Waals surface area contributed by atoms with Crippen molar-refractivity contribution in [2.75, 3.05) is 0 Å². The van der Waals surface area contributed by atoms with E-state index in [0.29, 0.717) is 0 Å². The van der Waals surface area contributed by atoms with E-state index >= 15 is 0 Å². The molecule has 3 heteroatoms. The Hall–Kier alpha value is -6.97. The normalized spacial score (nSPS) is 13.4.